The first-order valence-electron chi connectivity index (χ1n) is 9.36. The largest absolute Gasteiger partial charge is 0.340 e. The summed E-state index contributed by atoms with van der Waals surface area (Å²) < 4.78 is 0. The third kappa shape index (κ3) is 3.32. The molecular weight excluding hydrogens is 340 g/mol. The van der Waals surface area contributed by atoms with E-state index in [2.05, 4.69) is 16.9 Å². The van der Waals surface area contributed by atoms with Gasteiger partial charge in [-0.3, -0.25) is 14.5 Å². The molecule has 2 amide bonds. The molecule has 1 fully saturated rings. The van der Waals surface area contributed by atoms with Crippen LogP contribution < -0.4 is 4.90 Å². The SMILES string of the molecule is Cc1ccc(N2C(=O)c3ccccc3C2CC(=O)N2CCN(C)CC2)nc1. The van der Waals surface area contributed by atoms with Crippen LogP contribution >= 0.6 is 0 Å². The summed E-state index contributed by atoms with van der Waals surface area (Å²) in [5, 5.41) is 0. The molecule has 0 radical (unpaired) electrons. The number of amides is 2. The van der Waals surface area contributed by atoms with Crippen molar-refractivity contribution < 1.29 is 9.59 Å². The number of rotatable bonds is 3. The van der Waals surface area contributed by atoms with E-state index in [0.29, 0.717) is 11.4 Å². The van der Waals surface area contributed by atoms with Crippen molar-refractivity contribution in [3.8, 4) is 0 Å². The van der Waals surface area contributed by atoms with Crippen LogP contribution in [0.5, 0.6) is 0 Å². The Hall–Kier alpha value is -2.73. The van der Waals surface area contributed by atoms with Crippen molar-refractivity contribution in [2.75, 3.05) is 38.1 Å². The number of fused-ring (bicyclic) bond motifs is 1. The molecule has 1 unspecified atom stereocenters. The highest BCUT2D eigenvalue weighted by atomic mass is 16.2. The molecule has 1 aromatic heterocycles. The van der Waals surface area contributed by atoms with Crippen LogP contribution in [0.2, 0.25) is 0 Å². The number of hydrogen-bond acceptors (Lipinski definition) is 4. The van der Waals surface area contributed by atoms with E-state index in [1.54, 1.807) is 11.1 Å². The van der Waals surface area contributed by atoms with Gasteiger partial charge < -0.3 is 9.80 Å². The maximum Gasteiger partial charge on any atom is 0.260 e. The van der Waals surface area contributed by atoms with Gasteiger partial charge in [-0.1, -0.05) is 24.3 Å². The minimum Gasteiger partial charge on any atom is -0.340 e. The number of carbonyl (C=O) groups excluding carboxylic acids is 2. The molecule has 140 valence electrons. The van der Waals surface area contributed by atoms with Gasteiger partial charge in [0.1, 0.15) is 5.82 Å². The molecule has 2 aliphatic rings. The third-order valence-corrected chi connectivity index (χ3v) is 5.45. The second kappa shape index (κ2) is 7.12. The second-order valence-corrected chi connectivity index (χ2v) is 7.36. The topological polar surface area (TPSA) is 56.8 Å². The number of pyridine rings is 1. The zero-order valence-electron chi connectivity index (χ0n) is 15.8. The van der Waals surface area contributed by atoms with Gasteiger partial charge in [0, 0.05) is 37.9 Å². The number of carbonyl (C=O) groups is 2. The minimum atomic E-state index is -0.309. The average Bonchev–Trinajstić information content (AvgIpc) is 2.95. The van der Waals surface area contributed by atoms with Crippen molar-refractivity contribution in [1.29, 1.82) is 0 Å². The Morgan fingerprint density at radius 1 is 1.11 bits per heavy atom. The van der Waals surface area contributed by atoms with Gasteiger partial charge in [0.05, 0.1) is 12.5 Å². The van der Waals surface area contributed by atoms with E-state index >= 15 is 0 Å². The van der Waals surface area contributed by atoms with E-state index in [4.69, 9.17) is 0 Å². The molecule has 27 heavy (non-hydrogen) atoms. The van der Waals surface area contributed by atoms with Crippen LogP contribution in [0, 0.1) is 6.92 Å². The van der Waals surface area contributed by atoms with Crippen molar-refractivity contribution in [3.63, 3.8) is 0 Å². The lowest BCUT2D eigenvalue weighted by atomic mass is 10.0. The summed E-state index contributed by atoms with van der Waals surface area (Å²) in [6, 6.07) is 11.1. The molecular formula is C21H24N4O2. The Kier molecular flexibility index (Phi) is 4.66. The predicted molar refractivity (Wildman–Crippen MR) is 104 cm³/mol. The normalized spacial score (nSPS) is 20.1. The van der Waals surface area contributed by atoms with Gasteiger partial charge in [0.25, 0.3) is 5.91 Å². The van der Waals surface area contributed by atoms with Crippen molar-refractivity contribution in [3.05, 3.63) is 59.3 Å². The molecule has 6 nitrogen and oxygen atoms in total. The Bertz CT molecular complexity index is 857. The molecule has 1 atom stereocenters. The number of aromatic nitrogens is 1. The van der Waals surface area contributed by atoms with E-state index < -0.39 is 0 Å². The third-order valence-electron chi connectivity index (χ3n) is 5.45. The lowest BCUT2D eigenvalue weighted by molar-refractivity contribution is -0.133. The average molecular weight is 364 g/mol. The molecule has 3 heterocycles. The highest BCUT2D eigenvalue weighted by molar-refractivity contribution is 6.11. The zero-order chi connectivity index (χ0) is 19.0. The molecule has 1 saturated heterocycles. The highest BCUT2D eigenvalue weighted by Crippen LogP contribution is 2.39. The molecule has 6 heteroatoms. The fraction of sp³-hybridized carbons (Fsp3) is 0.381. The van der Waals surface area contributed by atoms with Gasteiger partial charge in [-0.05, 0) is 37.2 Å². The second-order valence-electron chi connectivity index (χ2n) is 7.36. The van der Waals surface area contributed by atoms with E-state index in [0.717, 1.165) is 37.3 Å². The standard InChI is InChI=1S/C21H24N4O2/c1-15-7-8-19(22-14-15)25-18(16-5-3-4-6-17(16)21(25)27)13-20(26)24-11-9-23(2)10-12-24/h3-8,14,18H,9-13H2,1-2H3. The lowest BCUT2D eigenvalue weighted by Gasteiger charge is -2.34. The smallest absolute Gasteiger partial charge is 0.260 e. The highest BCUT2D eigenvalue weighted by Gasteiger charge is 2.40. The Morgan fingerprint density at radius 2 is 1.85 bits per heavy atom. The van der Waals surface area contributed by atoms with Crippen LogP contribution in [0.1, 0.15) is 33.9 Å². The Balaban J connectivity index is 1.63. The Labute approximate surface area is 159 Å². The monoisotopic (exact) mass is 364 g/mol. The summed E-state index contributed by atoms with van der Waals surface area (Å²) in [7, 11) is 2.07. The fourth-order valence-corrected chi connectivity index (χ4v) is 3.81. The molecule has 0 bridgehead atoms. The van der Waals surface area contributed by atoms with Crippen LogP contribution in [-0.2, 0) is 4.79 Å². The molecule has 2 aliphatic heterocycles. The van der Waals surface area contributed by atoms with Gasteiger partial charge in [0.15, 0.2) is 0 Å². The van der Waals surface area contributed by atoms with Crippen LogP contribution in [0.15, 0.2) is 42.6 Å². The summed E-state index contributed by atoms with van der Waals surface area (Å²) in [6.45, 7) is 5.21. The number of piperazine rings is 1. The van der Waals surface area contributed by atoms with Crippen LogP contribution in [-0.4, -0.2) is 59.8 Å². The fourth-order valence-electron chi connectivity index (χ4n) is 3.81. The number of likely N-dealkylation sites (N-methyl/N-ethyl adjacent to an activating group) is 1. The number of benzene rings is 1. The molecule has 0 saturated carbocycles. The maximum absolute atomic E-state index is 13.0. The lowest BCUT2D eigenvalue weighted by Crippen LogP contribution is -2.47. The van der Waals surface area contributed by atoms with E-state index in [-0.39, 0.29) is 24.3 Å². The van der Waals surface area contributed by atoms with Crippen molar-refractivity contribution >= 4 is 17.6 Å². The van der Waals surface area contributed by atoms with Crippen molar-refractivity contribution in [1.82, 2.24) is 14.8 Å². The van der Waals surface area contributed by atoms with Crippen molar-refractivity contribution in [2.45, 2.75) is 19.4 Å². The van der Waals surface area contributed by atoms with Crippen LogP contribution in [0.4, 0.5) is 5.82 Å². The molecule has 0 aliphatic carbocycles. The summed E-state index contributed by atoms with van der Waals surface area (Å²) in [6.07, 6.45) is 2.03. The summed E-state index contributed by atoms with van der Waals surface area (Å²) in [4.78, 5) is 36.3. The van der Waals surface area contributed by atoms with Crippen LogP contribution in [0.3, 0.4) is 0 Å². The Morgan fingerprint density at radius 3 is 2.56 bits per heavy atom. The van der Waals surface area contributed by atoms with Gasteiger partial charge in [-0.15, -0.1) is 0 Å². The molecule has 0 spiro atoms. The van der Waals surface area contributed by atoms with E-state index in [1.165, 1.54) is 0 Å². The number of hydrogen-bond donors (Lipinski definition) is 0. The summed E-state index contributed by atoms with van der Waals surface area (Å²) in [5.74, 6) is 0.603. The van der Waals surface area contributed by atoms with Gasteiger partial charge in [-0.2, -0.15) is 0 Å². The summed E-state index contributed by atoms with van der Waals surface area (Å²) in [5.41, 5.74) is 2.61. The van der Waals surface area contributed by atoms with E-state index in [9.17, 15) is 9.59 Å². The first-order chi connectivity index (χ1) is 13.0. The number of nitrogens with zero attached hydrogens (tertiary/aromatic N) is 4. The first kappa shape index (κ1) is 17.7. The van der Waals surface area contributed by atoms with Gasteiger partial charge in [0.2, 0.25) is 5.91 Å². The summed E-state index contributed by atoms with van der Waals surface area (Å²) >= 11 is 0. The van der Waals surface area contributed by atoms with Gasteiger partial charge >= 0.3 is 0 Å². The maximum atomic E-state index is 13.0. The number of aryl methyl sites for hydroxylation is 1. The minimum absolute atomic E-state index is 0.0851. The van der Waals surface area contributed by atoms with E-state index in [1.807, 2.05) is 48.2 Å². The predicted octanol–water partition coefficient (Wildman–Crippen LogP) is 2.26. The molecule has 0 N–H and O–H groups in total. The zero-order valence-corrected chi connectivity index (χ0v) is 15.8. The first-order valence-corrected chi connectivity index (χ1v) is 9.36. The van der Waals surface area contributed by atoms with Crippen LogP contribution in [0.25, 0.3) is 0 Å². The molecule has 2 aromatic rings. The van der Waals surface area contributed by atoms with Gasteiger partial charge in [-0.25, -0.2) is 4.98 Å². The quantitative estimate of drug-likeness (QED) is 0.838. The van der Waals surface area contributed by atoms with Crippen molar-refractivity contribution in [2.24, 2.45) is 0 Å². The molecule has 4 rings (SSSR count). The number of anilines is 1. The molecule has 1 aromatic carbocycles.